The monoisotopic (exact) mass is 383 g/mol. The van der Waals surface area contributed by atoms with E-state index in [-0.39, 0.29) is 0 Å². The predicted octanol–water partition coefficient (Wildman–Crippen LogP) is 4.73. The standard InChI is InChI=1S/C24H33NO3/c1-25(2)16-20-15-23(28-17-18-7-5-9-21(13-18)26-3)11-12-24(20)19-8-6-10-22(14-19)27-4/h5-10,13-14,20,23-24H,11-12,15-17H2,1-4H3. The van der Waals surface area contributed by atoms with Crippen molar-refractivity contribution >= 4 is 0 Å². The first-order valence-electron chi connectivity index (χ1n) is 10.1. The Morgan fingerprint density at radius 1 is 0.929 bits per heavy atom. The van der Waals surface area contributed by atoms with Gasteiger partial charge in [-0.3, -0.25) is 0 Å². The number of hydrogen-bond donors (Lipinski definition) is 0. The highest BCUT2D eigenvalue weighted by atomic mass is 16.5. The Morgan fingerprint density at radius 3 is 2.36 bits per heavy atom. The van der Waals surface area contributed by atoms with Gasteiger partial charge in [0.2, 0.25) is 0 Å². The molecule has 1 saturated carbocycles. The number of rotatable bonds is 8. The van der Waals surface area contributed by atoms with Crippen LogP contribution in [-0.2, 0) is 11.3 Å². The van der Waals surface area contributed by atoms with Crippen LogP contribution in [0.4, 0.5) is 0 Å². The SMILES string of the molecule is COc1cccc(COC2CCC(c3cccc(OC)c3)C(CN(C)C)C2)c1. The van der Waals surface area contributed by atoms with Gasteiger partial charge in [-0.25, -0.2) is 0 Å². The Morgan fingerprint density at radius 2 is 1.64 bits per heavy atom. The summed E-state index contributed by atoms with van der Waals surface area (Å²) in [4.78, 5) is 2.29. The van der Waals surface area contributed by atoms with Crippen molar-refractivity contribution < 1.29 is 14.2 Å². The van der Waals surface area contributed by atoms with E-state index in [1.165, 1.54) is 11.1 Å². The number of methoxy groups -OCH3 is 2. The fourth-order valence-electron chi connectivity index (χ4n) is 4.33. The molecule has 1 aliphatic rings. The number of benzene rings is 2. The largest absolute Gasteiger partial charge is 0.497 e. The van der Waals surface area contributed by atoms with Crippen LogP contribution in [-0.4, -0.2) is 45.9 Å². The smallest absolute Gasteiger partial charge is 0.119 e. The van der Waals surface area contributed by atoms with E-state index >= 15 is 0 Å². The lowest BCUT2D eigenvalue weighted by Gasteiger charge is -2.38. The van der Waals surface area contributed by atoms with Crippen LogP contribution in [0.5, 0.6) is 11.5 Å². The van der Waals surface area contributed by atoms with Gasteiger partial charge in [-0.1, -0.05) is 24.3 Å². The van der Waals surface area contributed by atoms with Crippen LogP contribution in [0.1, 0.15) is 36.3 Å². The van der Waals surface area contributed by atoms with Gasteiger partial charge in [0.1, 0.15) is 11.5 Å². The van der Waals surface area contributed by atoms with Crippen molar-refractivity contribution in [3.05, 3.63) is 59.7 Å². The van der Waals surface area contributed by atoms with Gasteiger partial charge in [0, 0.05) is 6.54 Å². The third-order valence-corrected chi connectivity index (χ3v) is 5.68. The van der Waals surface area contributed by atoms with Crippen LogP contribution in [0.25, 0.3) is 0 Å². The van der Waals surface area contributed by atoms with Gasteiger partial charge in [0.25, 0.3) is 0 Å². The molecule has 2 aromatic rings. The van der Waals surface area contributed by atoms with E-state index in [1.54, 1.807) is 14.2 Å². The fourth-order valence-corrected chi connectivity index (χ4v) is 4.33. The Balaban J connectivity index is 1.65. The van der Waals surface area contributed by atoms with Crippen LogP contribution in [0.15, 0.2) is 48.5 Å². The highest BCUT2D eigenvalue weighted by molar-refractivity contribution is 5.32. The first kappa shape index (κ1) is 20.7. The second-order valence-corrected chi connectivity index (χ2v) is 8.00. The normalized spacial score (nSPS) is 22.2. The molecule has 0 aliphatic heterocycles. The van der Waals surface area contributed by atoms with Gasteiger partial charge >= 0.3 is 0 Å². The van der Waals surface area contributed by atoms with E-state index in [4.69, 9.17) is 14.2 Å². The van der Waals surface area contributed by atoms with E-state index in [2.05, 4.69) is 49.3 Å². The number of nitrogens with zero attached hydrogens (tertiary/aromatic N) is 1. The average molecular weight is 384 g/mol. The number of hydrogen-bond acceptors (Lipinski definition) is 4. The summed E-state index contributed by atoms with van der Waals surface area (Å²) < 4.78 is 17.1. The maximum atomic E-state index is 6.31. The molecule has 3 rings (SSSR count). The molecule has 1 aliphatic carbocycles. The summed E-state index contributed by atoms with van der Waals surface area (Å²) >= 11 is 0. The zero-order valence-electron chi connectivity index (χ0n) is 17.6. The molecule has 3 unspecified atom stereocenters. The molecule has 0 bridgehead atoms. The van der Waals surface area contributed by atoms with Crippen molar-refractivity contribution in [3.63, 3.8) is 0 Å². The summed E-state index contributed by atoms with van der Waals surface area (Å²) in [6.45, 7) is 1.71. The third kappa shape index (κ3) is 5.49. The quantitative estimate of drug-likeness (QED) is 0.659. The molecule has 0 radical (unpaired) electrons. The molecule has 4 heteroatoms. The molecule has 2 aromatic carbocycles. The van der Waals surface area contributed by atoms with Crippen molar-refractivity contribution in [1.82, 2.24) is 4.90 Å². The predicted molar refractivity (Wildman–Crippen MR) is 113 cm³/mol. The zero-order valence-corrected chi connectivity index (χ0v) is 17.6. The van der Waals surface area contributed by atoms with Crippen LogP contribution in [0.3, 0.4) is 0 Å². The Kier molecular flexibility index (Phi) is 7.35. The lowest BCUT2D eigenvalue weighted by atomic mass is 9.74. The van der Waals surface area contributed by atoms with E-state index < -0.39 is 0 Å². The maximum Gasteiger partial charge on any atom is 0.119 e. The van der Waals surface area contributed by atoms with E-state index in [0.29, 0.717) is 24.5 Å². The highest BCUT2D eigenvalue weighted by Gasteiger charge is 2.32. The summed E-state index contributed by atoms with van der Waals surface area (Å²) in [6.07, 6.45) is 3.63. The molecule has 152 valence electrons. The van der Waals surface area contributed by atoms with Gasteiger partial charge in [0.05, 0.1) is 26.9 Å². The molecule has 0 spiro atoms. The van der Waals surface area contributed by atoms with E-state index in [0.717, 1.165) is 37.3 Å². The van der Waals surface area contributed by atoms with E-state index in [1.807, 2.05) is 18.2 Å². The van der Waals surface area contributed by atoms with Crippen molar-refractivity contribution in [2.75, 3.05) is 34.9 Å². The summed E-state index contributed by atoms with van der Waals surface area (Å²) in [6, 6.07) is 16.7. The minimum absolute atomic E-state index is 0.304. The van der Waals surface area contributed by atoms with Gasteiger partial charge in [-0.05, 0) is 80.6 Å². The van der Waals surface area contributed by atoms with Gasteiger partial charge in [0.15, 0.2) is 0 Å². The van der Waals surface area contributed by atoms with Crippen molar-refractivity contribution in [2.45, 2.75) is 37.9 Å². The topological polar surface area (TPSA) is 30.9 Å². The Bertz CT molecular complexity index is 746. The van der Waals surface area contributed by atoms with Crippen LogP contribution in [0.2, 0.25) is 0 Å². The summed E-state index contributed by atoms with van der Waals surface area (Å²) in [5, 5.41) is 0. The lowest BCUT2D eigenvalue weighted by molar-refractivity contribution is -0.00694. The molecule has 28 heavy (non-hydrogen) atoms. The van der Waals surface area contributed by atoms with Crippen LogP contribution >= 0.6 is 0 Å². The molecular formula is C24H33NO3. The van der Waals surface area contributed by atoms with Crippen LogP contribution in [0, 0.1) is 5.92 Å². The van der Waals surface area contributed by atoms with Gasteiger partial charge < -0.3 is 19.1 Å². The minimum Gasteiger partial charge on any atom is -0.497 e. The Hall–Kier alpha value is -2.04. The fraction of sp³-hybridized carbons (Fsp3) is 0.500. The average Bonchev–Trinajstić information content (AvgIpc) is 2.72. The van der Waals surface area contributed by atoms with Crippen molar-refractivity contribution in [2.24, 2.45) is 5.92 Å². The minimum atomic E-state index is 0.304. The molecule has 0 saturated heterocycles. The molecule has 1 fully saturated rings. The third-order valence-electron chi connectivity index (χ3n) is 5.68. The first-order valence-corrected chi connectivity index (χ1v) is 10.1. The maximum absolute atomic E-state index is 6.31. The van der Waals surface area contributed by atoms with Gasteiger partial charge in [-0.2, -0.15) is 0 Å². The Labute approximate surface area is 169 Å². The molecule has 0 amide bonds. The van der Waals surface area contributed by atoms with Crippen LogP contribution < -0.4 is 9.47 Å². The highest BCUT2D eigenvalue weighted by Crippen LogP contribution is 2.40. The summed E-state index contributed by atoms with van der Waals surface area (Å²) in [7, 11) is 7.75. The molecule has 3 atom stereocenters. The number of ether oxygens (including phenoxy) is 3. The second kappa shape index (κ2) is 9.94. The first-order chi connectivity index (χ1) is 13.6. The van der Waals surface area contributed by atoms with E-state index in [9.17, 15) is 0 Å². The molecule has 0 aromatic heterocycles. The van der Waals surface area contributed by atoms with Crippen molar-refractivity contribution in [1.29, 1.82) is 0 Å². The lowest BCUT2D eigenvalue weighted by Crippen LogP contribution is -2.34. The summed E-state index contributed by atoms with van der Waals surface area (Å²) in [5.41, 5.74) is 2.55. The molecule has 0 heterocycles. The zero-order chi connectivity index (χ0) is 19.9. The molecule has 0 N–H and O–H groups in total. The summed E-state index contributed by atoms with van der Waals surface area (Å²) in [5.74, 6) is 2.95. The van der Waals surface area contributed by atoms with Crippen molar-refractivity contribution in [3.8, 4) is 11.5 Å². The second-order valence-electron chi connectivity index (χ2n) is 8.00. The van der Waals surface area contributed by atoms with Gasteiger partial charge in [-0.15, -0.1) is 0 Å². The molecule has 4 nitrogen and oxygen atoms in total. The molecular weight excluding hydrogens is 350 g/mol.